The topological polar surface area (TPSA) is 12.9 Å². The molecule has 0 radical (unpaired) electrons. The van der Waals surface area contributed by atoms with Crippen molar-refractivity contribution >= 4 is 10.9 Å². The summed E-state index contributed by atoms with van der Waals surface area (Å²) in [5.41, 5.74) is 12.7. The van der Waals surface area contributed by atoms with Crippen molar-refractivity contribution in [1.29, 1.82) is 0 Å². The summed E-state index contributed by atoms with van der Waals surface area (Å²) in [6.07, 6.45) is 0. The molecule has 0 saturated carbocycles. The van der Waals surface area contributed by atoms with Crippen LogP contribution in [0.1, 0.15) is 38.9 Å². The number of hydrogen-bond acceptors (Lipinski definition) is 1. The molecule has 0 unspecified atom stereocenters. The highest BCUT2D eigenvalue weighted by atomic mass is 14.7. The van der Waals surface area contributed by atoms with Gasteiger partial charge in [0.1, 0.15) is 0 Å². The molecule has 0 bridgehead atoms. The van der Waals surface area contributed by atoms with Crippen molar-refractivity contribution in [3.05, 3.63) is 63.2 Å². The summed E-state index contributed by atoms with van der Waals surface area (Å²) < 4.78 is 0. The molecule has 0 aliphatic carbocycles. The van der Waals surface area contributed by atoms with Crippen molar-refractivity contribution in [2.45, 2.75) is 48.5 Å². The summed E-state index contributed by atoms with van der Waals surface area (Å²) >= 11 is 0. The van der Waals surface area contributed by atoms with E-state index in [9.17, 15) is 0 Å². The lowest BCUT2D eigenvalue weighted by atomic mass is 9.92. The van der Waals surface area contributed by atoms with Gasteiger partial charge in [0.25, 0.3) is 0 Å². The van der Waals surface area contributed by atoms with E-state index < -0.39 is 0 Å². The predicted molar refractivity (Wildman–Crippen MR) is 100 cm³/mol. The minimum Gasteiger partial charge on any atom is -0.247 e. The van der Waals surface area contributed by atoms with Gasteiger partial charge in [-0.05, 0) is 94.5 Å². The number of fused-ring (bicyclic) bond motifs is 1. The van der Waals surface area contributed by atoms with Gasteiger partial charge in [-0.3, -0.25) is 0 Å². The van der Waals surface area contributed by atoms with Gasteiger partial charge in [0.15, 0.2) is 0 Å². The van der Waals surface area contributed by atoms with Gasteiger partial charge in [-0.15, -0.1) is 0 Å². The normalized spacial score (nSPS) is 11.3. The van der Waals surface area contributed by atoms with Gasteiger partial charge in [0.2, 0.25) is 0 Å². The molecule has 1 nitrogen and oxygen atoms in total. The Labute approximate surface area is 139 Å². The van der Waals surface area contributed by atoms with Crippen LogP contribution < -0.4 is 0 Å². The van der Waals surface area contributed by atoms with Gasteiger partial charge >= 0.3 is 0 Å². The fraction of sp³-hybridized carbons (Fsp3) is 0.318. The quantitative estimate of drug-likeness (QED) is 0.532. The van der Waals surface area contributed by atoms with Crippen molar-refractivity contribution in [2.24, 2.45) is 0 Å². The van der Waals surface area contributed by atoms with Crippen molar-refractivity contribution < 1.29 is 0 Å². The third-order valence-electron chi connectivity index (χ3n) is 5.16. The summed E-state index contributed by atoms with van der Waals surface area (Å²) in [4.78, 5) is 5.05. The van der Waals surface area contributed by atoms with Gasteiger partial charge in [-0.25, -0.2) is 4.98 Å². The number of hydrogen-bond donors (Lipinski definition) is 0. The Bertz CT molecular complexity index is 913. The Hall–Kier alpha value is -2.15. The van der Waals surface area contributed by atoms with Crippen LogP contribution in [0.3, 0.4) is 0 Å². The van der Waals surface area contributed by atoms with Crippen LogP contribution in [0.2, 0.25) is 0 Å². The van der Waals surface area contributed by atoms with E-state index in [1.807, 2.05) is 0 Å². The maximum absolute atomic E-state index is 5.05. The number of benzene rings is 2. The first kappa shape index (κ1) is 15.7. The molecule has 0 fully saturated rings. The molecule has 0 amide bonds. The summed E-state index contributed by atoms with van der Waals surface area (Å²) in [5, 5.41) is 1.32. The highest BCUT2D eigenvalue weighted by Crippen LogP contribution is 2.33. The monoisotopic (exact) mass is 303 g/mol. The van der Waals surface area contributed by atoms with Crippen molar-refractivity contribution in [3.8, 4) is 11.3 Å². The van der Waals surface area contributed by atoms with Crippen molar-refractivity contribution in [3.63, 3.8) is 0 Å². The maximum atomic E-state index is 5.05. The van der Waals surface area contributed by atoms with Crippen LogP contribution in [0.25, 0.3) is 22.2 Å². The zero-order chi connectivity index (χ0) is 16.9. The van der Waals surface area contributed by atoms with Crippen LogP contribution in [-0.2, 0) is 0 Å². The Morgan fingerprint density at radius 2 is 1.17 bits per heavy atom. The molecule has 3 rings (SSSR count). The van der Waals surface area contributed by atoms with Gasteiger partial charge < -0.3 is 0 Å². The molecule has 0 atom stereocenters. The van der Waals surface area contributed by atoms with E-state index in [0.717, 1.165) is 11.2 Å². The number of nitrogens with zero attached hydrogens (tertiary/aromatic N) is 1. The first-order chi connectivity index (χ1) is 10.8. The van der Waals surface area contributed by atoms with Gasteiger partial charge in [0, 0.05) is 10.9 Å². The minimum atomic E-state index is 1.11. The van der Waals surface area contributed by atoms with E-state index in [1.54, 1.807) is 0 Å². The lowest BCUT2D eigenvalue weighted by Gasteiger charge is -2.17. The molecule has 0 aliphatic heterocycles. The zero-order valence-electron chi connectivity index (χ0n) is 15.3. The summed E-state index contributed by atoms with van der Waals surface area (Å²) in [7, 11) is 0. The second-order valence-electron chi connectivity index (χ2n) is 6.92. The highest BCUT2D eigenvalue weighted by molar-refractivity contribution is 5.91. The zero-order valence-corrected chi connectivity index (χ0v) is 15.3. The summed E-state index contributed by atoms with van der Waals surface area (Å²) in [5.74, 6) is 0. The Morgan fingerprint density at radius 3 is 1.78 bits per heavy atom. The van der Waals surface area contributed by atoms with Crippen LogP contribution >= 0.6 is 0 Å². The predicted octanol–water partition coefficient (Wildman–Crippen LogP) is 6.06. The molecular weight excluding hydrogens is 278 g/mol. The van der Waals surface area contributed by atoms with E-state index >= 15 is 0 Å². The van der Waals surface area contributed by atoms with Crippen LogP contribution in [0.15, 0.2) is 24.3 Å². The molecule has 0 saturated heterocycles. The Kier molecular flexibility index (Phi) is 3.75. The first-order valence-electron chi connectivity index (χ1n) is 8.26. The number of rotatable bonds is 1. The van der Waals surface area contributed by atoms with E-state index in [2.05, 4.69) is 72.7 Å². The molecule has 1 heteroatoms. The first-order valence-corrected chi connectivity index (χ1v) is 8.26. The molecule has 0 aliphatic rings. The summed E-state index contributed by atoms with van der Waals surface area (Å²) in [6, 6.07) is 8.92. The maximum Gasteiger partial charge on any atom is 0.0741 e. The fourth-order valence-corrected chi connectivity index (χ4v) is 3.58. The number of aromatic nitrogens is 1. The molecular formula is C22H25N. The van der Waals surface area contributed by atoms with Gasteiger partial charge in [0.05, 0.1) is 11.2 Å². The van der Waals surface area contributed by atoms with E-state index in [1.165, 1.54) is 49.9 Å². The third-order valence-corrected chi connectivity index (χ3v) is 5.16. The van der Waals surface area contributed by atoms with Crippen LogP contribution in [0, 0.1) is 48.5 Å². The highest BCUT2D eigenvalue weighted by Gasteiger charge is 2.14. The van der Waals surface area contributed by atoms with E-state index in [0.29, 0.717) is 0 Å². The van der Waals surface area contributed by atoms with Gasteiger partial charge in [-0.1, -0.05) is 17.2 Å². The smallest absolute Gasteiger partial charge is 0.0741 e. The lowest BCUT2D eigenvalue weighted by molar-refractivity contribution is 1.23. The number of aryl methyl sites for hydroxylation is 5. The molecule has 1 heterocycles. The van der Waals surface area contributed by atoms with Gasteiger partial charge in [-0.2, -0.15) is 0 Å². The number of pyridine rings is 1. The van der Waals surface area contributed by atoms with E-state index in [4.69, 9.17) is 4.98 Å². The molecule has 0 N–H and O–H groups in total. The Morgan fingerprint density at radius 1 is 0.609 bits per heavy atom. The SMILES string of the molecule is Cc1cc(C)cc(-c2nc3cc(C)c(C)c(C)c3c(C)c2C)c1. The average molecular weight is 303 g/mol. The molecule has 23 heavy (non-hydrogen) atoms. The average Bonchev–Trinajstić information content (AvgIpc) is 2.47. The lowest BCUT2D eigenvalue weighted by Crippen LogP contribution is -1.99. The molecule has 118 valence electrons. The molecule has 2 aromatic carbocycles. The van der Waals surface area contributed by atoms with Crippen molar-refractivity contribution in [2.75, 3.05) is 0 Å². The third kappa shape index (κ3) is 2.55. The van der Waals surface area contributed by atoms with E-state index in [-0.39, 0.29) is 0 Å². The summed E-state index contributed by atoms with van der Waals surface area (Å²) in [6.45, 7) is 15.3. The molecule has 1 aromatic heterocycles. The second kappa shape index (κ2) is 5.49. The molecule has 0 spiro atoms. The Balaban J connectivity index is 2.40. The largest absolute Gasteiger partial charge is 0.247 e. The fourth-order valence-electron chi connectivity index (χ4n) is 3.58. The van der Waals surface area contributed by atoms with Crippen LogP contribution in [0.4, 0.5) is 0 Å². The molecule has 3 aromatic rings. The van der Waals surface area contributed by atoms with Crippen molar-refractivity contribution in [1.82, 2.24) is 4.98 Å². The van der Waals surface area contributed by atoms with Crippen LogP contribution in [-0.4, -0.2) is 4.98 Å². The van der Waals surface area contributed by atoms with Crippen LogP contribution in [0.5, 0.6) is 0 Å². The second-order valence-corrected chi connectivity index (χ2v) is 6.92. The minimum absolute atomic E-state index is 1.11. The standard InChI is InChI=1S/C22H25N/c1-12-8-13(2)10-19(9-12)22-18(7)17(6)21-16(5)15(4)14(3)11-20(21)23-22/h8-11H,1-7H3.